The molecule has 0 fully saturated rings. The Bertz CT molecular complexity index is 976. The van der Waals surface area contributed by atoms with Crippen molar-refractivity contribution in [3.63, 3.8) is 0 Å². The molecule has 3 aromatic rings. The highest BCUT2D eigenvalue weighted by atomic mass is 32.2. The van der Waals surface area contributed by atoms with Gasteiger partial charge in [-0.25, -0.2) is 10.4 Å². The Labute approximate surface area is 163 Å². The number of carbonyl (C=O) groups is 1. The van der Waals surface area contributed by atoms with Gasteiger partial charge in [0.25, 0.3) is 5.91 Å². The van der Waals surface area contributed by atoms with Crippen LogP contribution in [0, 0.1) is 0 Å². The van der Waals surface area contributed by atoms with Crippen LogP contribution in [-0.4, -0.2) is 27.4 Å². The first kappa shape index (κ1) is 18.9. The van der Waals surface area contributed by atoms with Gasteiger partial charge in [0.05, 0.1) is 23.0 Å². The summed E-state index contributed by atoms with van der Waals surface area (Å²) < 4.78 is 2.11. The van der Waals surface area contributed by atoms with Gasteiger partial charge in [0.15, 0.2) is 5.16 Å². The molecule has 1 amide bonds. The fourth-order valence-corrected chi connectivity index (χ4v) is 3.56. The highest BCUT2D eigenvalue weighted by Gasteiger charge is 2.11. The number of carbonyl (C=O) groups excluding carboxylic acids is 1. The lowest BCUT2D eigenvalue weighted by Crippen LogP contribution is -2.20. The summed E-state index contributed by atoms with van der Waals surface area (Å²) in [6.07, 6.45) is 3.66. The normalized spacial score (nSPS) is 12.0. The summed E-state index contributed by atoms with van der Waals surface area (Å²) in [5.41, 5.74) is 6.66. The molecule has 0 aliphatic carbocycles. The topological polar surface area (TPSA) is 59.3 Å². The summed E-state index contributed by atoms with van der Waals surface area (Å²) in [6, 6.07) is 18.0. The van der Waals surface area contributed by atoms with E-state index in [0.29, 0.717) is 0 Å². The minimum atomic E-state index is -0.154. The number of thioether (sulfide) groups is 1. The first-order chi connectivity index (χ1) is 13.2. The van der Waals surface area contributed by atoms with E-state index < -0.39 is 0 Å². The number of hydrogen-bond donors (Lipinski definition) is 1. The second-order valence-corrected chi connectivity index (χ2v) is 6.95. The Kier molecular flexibility index (Phi) is 6.44. The molecule has 0 aliphatic rings. The summed E-state index contributed by atoms with van der Waals surface area (Å²) in [7, 11) is 0. The number of imidazole rings is 1. The highest BCUT2D eigenvalue weighted by molar-refractivity contribution is 7.99. The molecule has 3 rings (SSSR count). The standard InChI is InChI=1S/C21H22N4OS/c1-3-25-19-12-8-7-11-18(19)23-21(25)27-15-20(26)24-22-14-16(2)13-17-9-5-4-6-10-17/h4-14H,3,15H2,1-2H3,(H,24,26)/b16-13+,22-14-. The molecule has 1 heterocycles. The van der Waals surface area contributed by atoms with Crippen LogP contribution in [0.4, 0.5) is 0 Å². The lowest BCUT2D eigenvalue weighted by molar-refractivity contribution is -0.118. The third-order valence-corrected chi connectivity index (χ3v) is 4.90. The van der Waals surface area contributed by atoms with Crippen molar-refractivity contribution >= 4 is 41.0 Å². The number of hydrogen-bond acceptors (Lipinski definition) is 4. The first-order valence-electron chi connectivity index (χ1n) is 8.80. The minimum Gasteiger partial charge on any atom is -0.319 e. The third kappa shape index (κ3) is 5.08. The number of rotatable bonds is 7. The van der Waals surface area contributed by atoms with Crippen LogP contribution in [0.5, 0.6) is 0 Å². The Morgan fingerprint density at radius 1 is 1.19 bits per heavy atom. The minimum absolute atomic E-state index is 0.154. The van der Waals surface area contributed by atoms with E-state index in [0.717, 1.165) is 33.9 Å². The lowest BCUT2D eigenvalue weighted by Gasteiger charge is -2.04. The van der Waals surface area contributed by atoms with Gasteiger partial charge in [0.2, 0.25) is 0 Å². The molecule has 0 aliphatic heterocycles. The van der Waals surface area contributed by atoms with Gasteiger partial charge in [-0.3, -0.25) is 4.79 Å². The van der Waals surface area contributed by atoms with Gasteiger partial charge in [-0.2, -0.15) is 5.10 Å². The van der Waals surface area contributed by atoms with Crippen LogP contribution in [0.3, 0.4) is 0 Å². The number of hydrazone groups is 1. The van der Waals surface area contributed by atoms with Crippen LogP contribution in [-0.2, 0) is 11.3 Å². The molecule has 6 heteroatoms. The monoisotopic (exact) mass is 378 g/mol. The number of allylic oxidation sites excluding steroid dienone is 1. The molecule has 0 spiro atoms. The average Bonchev–Trinajstić information content (AvgIpc) is 3.04. The number of aryl methyl sites for hydroxylation is 1. The van der Waals surface area contributed by atoms with Crippen LogP contribution < -0.4 is 5.43 Å². The molecule has 0 saturated heterocycles. The molecule has 2 aromatic carbocycles. The summed E-state index contributed by atoms with van der Waals surface area (Å²) in [6.45, 7) is 4.83. The molecule has 1 aromatic heterocycles. The molecule has 1 N–H and O–H groups in total. The van der Waals surface area contributed by atoms with Crippen molar-refractivity contribution < 1.29 is 4.79 Å². The van der Waals surface area contributed by atoms with E-state index in [1.807, 2.05) is 67.6 Å². The van der Waals surface area contributed by atoms with E-state index in [4.69, 9.17) is 0 Å². The first-order valence-corrected chi connectivity index (χ1v) is 9.79. The summed E-state index contributed by atoms with van der Waals surface area (Å²) >= 11 is 1.42. The summed E-state index contributed by atoms with van der Waals surface area (Å²) in [5, 5.41) is 4.88. The third-order valence-electron chi connectivity index (χ3n) is 3.92. The van der Waals surface area contributed by atoms with Crippen LogP contribution in [0.1, 0.15) is 19.4 Å². The second kappa shape index (κ2) is 9.19. The maximum atomic E-state index is 12.1. The molecule has 0 bridgehead atoms. The Morgan fingerprint density at radius 3 is 2.70 bits per heavy atom. The second-order valence-electron chi connectivity index (χ2n) is 6.01. The number of nitrogens with zero attached hydrogens (tertiary/aromatic N) is 3. The number of aromatic nitrogens is 2. The average molecular weight is 379 g/mol. The zero-order valence-electron chi connectivity index (χ0n) is 15.4. The molecule has 5 nitrogen and oxygen atoms in total. The Hall–Kier alpha value is -2.86. The predicted molar refractivity (Wildman–Crippen MR) is 113 cm³/mol. The Morgan fingerprint density at radius 2 is 1.93 bits per heavy atom. The van der Waals surface area contributed by atoms with Gasteiger partial charge in [0.1, 0.15) is 0 Å². The largest absolute Gasteiger partial charge is 0.319 e. The van der Waals surface area contributed by atoms with Gasteiger partial charge in [-0.05, 0) is 37.1 Å². The van der Waals surface area contributed by atoms with E-state index in [1.54, 1.807) is 6.21 Å². The summed E-state index contributed by atoms with van der Waals surface area (Å²) in [5.74, 6) is 0.112. The van der Waals surface area contributed by atoms with E-state index in [2.05, 4.69) is 27.0 Å². The molecule has 0 radical (unpaired) electrons. The molecule has 138 valence electrons. The number of fused-ring (bicyclic) bond motifs is 1. The van der Waals surface area contributed by atoms with Crippen molar-refractivity contribution in [2.75, 3.05) is 5.75 Å². The molecule has 27 heavy (non-hydrogen) atoms. The highest BCUT2D eigenvalue weighted by Crippen LogP contribution is 2.23. The number of para-hydroxylation sites is 2. The van der Waals surface area contributed by atoms with Gasteiger partial charge in [-0.1, -0.05) is 60.3 Å². The van der Waals surface area contributed by atoms with Crippen LogP contribution in [0.15, 0.2) is 70.4 Å². The van der Waals surface area contributed by atoms with Gasteiger partial charge in [-0.15, -0.1) is 0 Å². The predicted octanol–water partition coefficient (Wildman–Crippen LogP) is 4.35. The Balaban J connectivity index is 1.55. The van der Waals surface area contributed by atoms with Crippen molar-refractivity contribution in [2.45, 2.75) is 25.5 Å². The SMILES string of the molecule is CCn1c(SCC(=O)N/N=C\C(C)=C\c2ccccc2)nc2ccccc21. The maximum absolute atomic E-state index is 12.1. The van der Waals surface area contributed by atoms with E-state index in [1.165, 1.54) is 11.8 Å². The maximum Gasteiger partial charge on any atom is 0.250 e. The summed E-state index contributed by atoms with van der Waals surface area (Å²) in [4.78, 5) is 16.7. The fraction of sp³-hybridized carbons (Fsp3) is 0.190. The van der Waals surface area contributed by atoms with Crippen LogP contribution in [0.25, 0.3) is 17.1 Å². The van der Waals surface area contributed by atoms with E-state index >= 15 is 0 Å². The molecule has 0 saturated carbocycles. The number of amides is 1. The molecule has 0 atom stereocenters. The van der Waals surface area contributed by atoms with Crippen LogP contribution in [0.2, 0.25) is 0 Å². The fourth-order valence-electron chi connectivity index (χ4n) is 2.69. The van der Waals surface area contributed by atoms with Crippen LogP contribution >= 0.6 is 11.8 Å². The smallest absolute Gasteiger partial charge is 0.250 e. The zero-order valence-corrected chi connectivity index (χ0v) is 16.2. The van der Waals surface area contributed by atoms with Gasteiger partial charge < -0.3 is 4.57 Å². The van der Waals surface area contributed by atoms with Crippen molar-refractivity contribution in [1.29, 1.82) is 0 Å². The number of benzene rings is 2. The van der Waals surface area contributed by atoms with E-state index in [-0.39, 0.29) is 11.7 Å². The van der Waals surface area contributed by atoms with Crippen molar-refractivity contribution in [3.8, 4) is 0 Å². The van der Waals surface area contributed by atoms with Gasteiger partial charge >= 0.3 is 0 Å². The lowest BCUT2D eigenvalue weighted by atomic mass is 10.1. The van der Waals surface area contributed by atoms with Crippen molar-refractivity contribution in [2.24, 2.45) is 5.10 Å². The molecular weight excluding hydrogens is 356 g/mol. The number of nitrogens with one attached hydrogen (secondary N) is 1. The van der Waals surface area contributed by atoms with Crippen molar-refractivity contribution in [1.82, 2.24) is 15.0 Å². The van der Waals surface area contributed by atoms with E-state index in [9.17, 15) is 4.79 Å². The molecule has 0 unspecified atom stereocenters. The quantitative estimate of drug-likeness (QED) is 0.378. The molecular formula is C21H22N4OS. The van der Waals surface area contributed by atoms with Crippen molar-refractivity contribution in [3.05, 3.63) is 65.7 Å². The van der Waals surface area contributed by atoms with Gasteiger partial charge in [0, 0.05) is 6.54 Å². The zero-order chi connectivity index (χ0) is 19.1.